The summed E-state index contributed by atoms with van der Waals surface area (Å²) in [6.07, 6.45) is 7.49. The van der Waals surface area contributed by atoms with E-state index in [4.69, 9.17) is 10.1 Å². The summed E-state index contributed by atoms with van der Waals surface area (Å²) in [5, 5.41) is 8.18. The molecule has 0 amide bonds. The quantitative estimate of drug-likeness (QED) is 0.612. The number of hydrogen-bond acceptors (Lipinski definition) is 4. The first kappa shape index (κ1) is 18.3. The van der Waals surface area contributed by atoms with Crippen LogP contribution in [0.15, 0.2) is 72.6 Å². The molecule has 5 heteroatoms. The van der Waals surface area contributed by atoms with Gasteiger partial charge in [0.05, 0.1) is 6.04 Å². The summed E-state index contributed by atoms with van der Waals surface area (Å²) in [4.78, 5) is 7.25. The van der Waals surface area contributed by atoms with E-state index in [9.17, 15) is 0 Å². The van der Waals surface area contributed by atoms with Crippen molar-refractivity contribution < 1.29 is 0 Å². The summed E-state index contributed by atoms with van der Waals surface area (Å²) in [5.74, 6) is 1.54. The van der Waals surface area contributed by atoms with Gasteiger partial charge in [-0.2, -0.15) is 4.98 Å². The van der Waals surface area contributed by atoms with Gasteiger partial charge in [0.15, 0.2) is 5.82 Å². The summed E-state index contributed by atoms with van der Waals surface area (Å²) in [7, 11) is 0. The number of anilines is 2. The normalized spacial score (nSPS) is 16.8. The first-order valence-corrected chi connectivity index (χ1v) is 9.89. The van der Waals surface area contributed by atoms with Crippen LogP contribution in [0, 0.1) is 0 Å². The highest BCUT2D eigenvalue weighted by atomic mass is 15.4. The lowest BCUT2D eigenvalue weighted by Gasteiger charge is -2.36. The molecule has 0 aliphatic carbocycles. The third-order valence-corrected chi connectivity index (χ3v) is 5.07. The van der Waals surface area contributed by atoms with Crippen molar-refractivity contribution in [3.63, 3.8) is 0 Å². The standard InChI is InChI=1S/C23H27N5/c1-17(2)16-18(3)24-22-21-13-9-15-28(21)26-23(25-22)27-14-8-7-12-20(27)19-10-5-4-6-11-19/h4-6,9-11,13,15-16,20H,3,7-8,12,14H2,1-2H3,(H,24,25,26). The number of benzene rings is 1. The Bertz CT molecular complexity index is 998. The average molecular weight is 374 g/mol. The van der Waals surface area contributed by atoms with Gasteiger partial charge in [0.25, 0.3) is 0 Å². The molecule has 1 aliphatic heterocycles. The van der Waals surface area contributed by atoms with Gasteiger partial charge < -0.3 is 10.2 Å². The molecule has 1 aromatic carbocycles. The zero-order chi connectivity index (χ0) is 19.5. The van der Waals surface area contributed by atoms with Gasteiger partial charge in [-0.15, -0.1) is 5.10 Å². The van der Waals surface area contributed by atoms with E-state index in [0.29, 0.717) is 6.04 Å². The summed E-state index contributed by atoms with van der Waals surface area (Å²) in [6.45, 7) is 9.19. The molecule has 1 atom stereocenters. The van der Waals surface area contributed by atoms with E-state index in [1.165, 1.54) is 17.6 Å². The van der Waals surface area contributed by atoms with Crippen LogP contribution in [0.25, 0.3) is 5.52 Å². The Morgan fingerprint density at radius 3 is 2.75 bits per heavy atom. The maximum atomic E-state index is 4.91. The van der Waals surface area contributed by atoms with E-state index in [1.54, 1.807) is 0 Å². The predicted octanol–water partition coefficient (Wildman–Crippen LogP) is 5.35. The third kappa shape index (κ3) is 3.79. The molecule has 0 bridgehead atoms. The van der Waals surface area contributed by atoms with Gasteiger partial charge in [0.2, 0.25) is 5.95 Å². The Morgan fingerprint density at radius 1 is 1.14 bits per heavy atom. The first-order valence-electron chi connectivity index (χ1n) is 9.89. The number of fused-ring (bicyclic) bond motifs is 1. The SMILES string of the molecule is C=C(C=C(C)C)Nc1nc(N2CCCCC2c2ccccc2)nn2cccc12. The Kier molecular flexibility index (Phi) is 5.15. The minimum absolute atomic E-state index is 0.303. The molecular formula is C23H27N5. The van der Waals surface area contributed by atoms with E-state index in [-0.39, 0.29) is 0 Å². The minimum atomic E-state index is 0.303. The van der Waals surface area contributed by atoms with Crippen molar-refractivity contribution in [3.8, 4) is 0 Å². The second-order valence-corrected chi connectivity index (χ2v) is 7.59. The number of allylic oxidation sites excluding steroid dienone is 2. The molecule has 0 spiro atoms. The fourth-order valence-corrected chi connectivity index (χ4v) is 3.87. The van der Waals surface area contributed by atoms with Crippen LogP contribution in [0.3, 0.4) is 0 Å². The summed E-state index contributed by atoms with van der Waals surface area (Å²) < 4.78 is 1.90. The molecule has 3 heterocycles. The van der Waals surface area contributed by atoms with E-state index < -0.39 is 0 Å². The molecule has 28 heavy (non-hydrogen) atoms. The van der Waals surface area contributed by atoms with Crippen molar-refractivity contribution in [2.45, 2.75) is 39.2 Å². The van der Waals surface area contributed by atoms with Gasteiger partial charge in [-0.25, -0.2) is 4.52 Å². The Hall–Kier alpha value is -3.08. The van der Waals surface area contributed by atoms with Crippen molar-refractivity contribution in [2.24, 2.45) is 0 Å². The van der Waals surface area contributed by atoms with E-state index in [2.05, 4.69) is 61.0 Å². The van der Waals surface area contributed by atoms with Crippen LogP contribution in [0.2, 0.25) is 0 Å². The van der Waals surface area contributed by atoms with E-state index in [0.717, 1.165) is 42.4 Å². The van der Waals surface area contributed by atoms with Crippen LogP contribution >= 0.6 is 0 Å². The smallest absolute Gasteiger partial charge is 0.246 e. The van der Waals surface area contributed by atoms with Gasteiger partial charge in [-0.1, -0.05) is 42.5 Å². The van der Waals surface area contributed by atoms with E-state index in [1.807, 2.05) is 28.9 Å². The van der Waals surface area contributed by atoms with Crippen LogP contribution in [0.1, 0.15) is 44.7 Å². The molecule has 0 saturated carbocycles. The molecule has 1 fully saturated rings. The second-order valence-electron chi connectivity index (χ2n) is 7.59. The third-order valence-electron chi connectivity index (χ3n) is 5.07. The lowest BCUT2D eigenvalue weighted by molar-refractivity contribution is 0.463. The fraction of sp³-hybridized carbons (Fsp3) is 0.304. The van der Waals surface area contributed by atoms with Crippen LogP contribution in [-0.4, -0.2) is 21.1 Å². The number of piperidine rings is 1. The van der Waals surface area contributed by atoms with Crippen LogP contribution in [0.4, 0.5) is 11.8 Å². The fourth-order valence-electron chi connectivity index (χ4n) is 3.87. The highest BCUT2D eigenvalue weighted by molar-refractivity contribution is 5.71. The van der Waals surface area contributed by atoms with Crippen LogP contribution < -0.4 is 10.2 Å². The number of nitrogens with one attached hydrogen (secondary N) is 1. The molecule has 2 aromatic heterocycles. The lowest BCUT2D eigenvalue weighted by Crippen LogP contribution is -2.35. The molecule has 4 rings (SSSR count). The van der Waals surface area contributed by atoms with Crippen molar-refractivity contribution in [2.75, 3.05) is 16.8 Å². The summed E-state index contributed by atoms with van der Waals surface area (Å²) in [6, 6.07) is 15.0. The molecule has 144 valence electrons. The average Bonchev–Trinajstić information content (AvgIpc) is 3.17. The summed E-state index contributed by atoms with van der Waals surface area (Å²) in [5.41, 5.74) is 4.28. The highest BCUT2D eigenvalue weighted by Crippen LogP contribution is 2.34. The van der Waals surface area contributed by atoms with Gasteiger partial charge in [-0.05, 0) is 56.9 Å². The van der Waals surface area contributed by atoms with Gasteiger partial charge >= 0.3 is 0 Å². The molecule has 1 unspecified atom stereocenters. The predicted molar refractivity (Wildman–Crippen MR) is 116 cm³/mol. The Morgan fingerprint density at radius 2 is 1.96 bits per heavy atom. The Balaban J connectivity index is 1.73. The van der Waals surface area contributed by atoms with Gasteiger partial charge in [0, 0.05) is 18.4 Å². The topological polar surface area (TPSA) is 45.5 Å². The number of nitrogens with zero attached hydrogens (tertiary/aromatic N) is 4. The first-order chi connectivity index (χ1) is 13.6. The number of hydrogen-bond donors (Lipinski definition) is 1. The highest BCUT2D eigenvalue weighted by Gasteiger charge is 2.27. The number of aromatic nitrogens is 3. The van der Waals surface area contributed by atoms with Gasteiger partial charge in [-0.3, -0.25) is 0 Å². The Labute approximate surface area is 166 Å². The van der Waals surface area contributed by atoms with Crippen LogP contribution in [-0.2, 0) is 0 Å². The lowest BCUT2D eigenvalue weighted by atomic mass is 9.96. The molecule has 3 aromatic rings. The molecule has 0 radical (unpaired) electrons. The molecule has 1 saturated heterocycles. The second kappa shape index (κ2) is 7.89. The molecule has 5 nitrogen and oxygen atoms in total. The van der Waals surface area contributed by atoms with Crippen molar-refractivity contribution in [1.82, 2.24) is 14.6 Å². The zero-order valence-electron chi connectivity index (χ0n) is 16.6. The summed E-state index contributed by atoms with van der Waals surface area (Å²) >= 11 is 0. The molecule has 1 N–H and O–H groups in total. The molecular weight excluding hydrogens is 346 g/mol. The van der Waals surface area contributed by atoms with E-state index >= 15 is 0 Å². The van der Waals surface area contributed by atoms with Gasteiger partial charge in [0.1, 0.15) is 5.52 Å². The van der Waals surface area contributed by atoms with Crippen molar-refractivity contribution >= 4 is 17.3 Å². The number of rotatable bonds is 5. The minimum Gasteiger partial charge on any atom is -0.339 e. The largest absolute Gasteiger partial charge is 0.339 e. The van der Waals surface area contributed by atoms with Crippen LogP contribution in [0.5, 0.6) is 0 Å². The maximum Gasteiger partial charge on any atom is 0.246 e. The monoisotopic (exact) mass is 373 g/mol. The zero-order valence-corrected chi connectivity index (χ0v) is 16.6. The molecule has 1 aliphatic rings. The van der Waals surface area contributed by atoms with Crippen molar-refractivity contribution in [3.05, 3.63) is 78.1 Å². The van der Waals surface area contributed by atoms with Crippen molar-refractivity contribution in [1.29, 1.82) is 0 Å². The maximum absolute atomic E-state index is 4.91.